The van der Waals surface area contributed by atoms with Crippen LogP contribution in [0.1, 0.15) is 38.6 Å². The number of carbonyl (C=O) groups is 2. The molecule has 0 spiro atoms. The van der Waals surface area contributed by atoms with Crippen molar-refractivity contribution in [3.63, 3.8) is 0 Å². The molecule has 3 heterocycles. The number of furan rings is 1. The van der Waals surface area contributed by atoms with Crippen molar-refractivity contribution >= 4 is 11.8 Å². The minimum Gasteiger partial charge on any atom is -0.465 e. The lowest BCUT2D eigenvalue weighted by Crippen LogP contribution is -2.50. The average molecular weight is 439 g/mol. The van der Waals surface area contributed by atoms with E-state index >= 15 is 0 Å². The molecule has 2 amide bonds. The first-order valence-corrected chi connectivity index (χ1v) is 11.4. The molecule has 0 saturated carbocycles. The van der Waals surface area contributed by atoms with E-state index in [1.165, 1.54) is 16.0 Å². The molecule has 0 aliphatic carbocycles. The number of aryl methyl sites for hydroxylation is 2. The Kier molecular flexibility index (Phi) is 6.67. The van der Waals surface area contributed by atoms with E-state index in [0.717, 1.165) is 43.9 Å². The van der Waals surface area contributed by atoms with Crippen LogP contribution in [-0.4, -0.2) is 84.8 Å². The van der Waals surface area contributed by atoms with Crippen molar-refractivity contribution in [2.45, 2.75) is 33.4 Å². The summed E-state index contributed by atoms with van der Waals surface area (Å²) >= 11 is 0. The van der Waals surface area contributed by atoms with Crippen LogP contribution in [0.5, 0.6) is 0 Å². The molecule has 1 fully saturated rings. The number of fused-ring (bicyclic) bond motifs is 1. The van der Waals surface area contributed by atoms with Gasteiger partial charge in [-0.15, -0.1) is 0 Å². The molecule has 32 heavy (non-hydrogen) atoms. The number of carbonyl (C=O) groups excluding carboxylic acids is 2. The van der Waals surface area contributed by atoms with Crippen LogP contribution in [0.25, 0.3) is 0 Å². The van der Waals surface area contributed by atoms with Gasteiger partial charge in [0, 0.05) is 64.8 Å². The molecule has 2 aromatic rings. The maximum absolute atomic E-state index is 13.3. The minimum atomic E-state index is -0.132. The van der Waals surface area contributed by atoms with Gasteiger partial charge in [0.05, 0.1) is 12.1 Å². The smallest absolute Gasteiger partial charge is 0.257 e. The van der Waals surface area contributed by atoms with E-state index in [0.29, 0.717) is 31.0 Å². The monoisotopic (exact) mass is 438 g/mol. The van der Waals surface area contributed by atoms with Crippen molar-refractivity contribution in [1.82, 2.24) is 19.6 Å². The van der Waals surface area contributed by atoms with Gasteiger partial charge in [0.25, 0.3) is 5.91 Å². The van der Waals surface area contributed by atoms with Crippen LogP contribution < -0.4 is 0 Å². The summed E-state index contributed by atoms with van der Waals surface area (Å²) in [7, 11) is 3.77. The van der Waals surface area contributed by atoms with Gasteiger partial charge in [-0.05, 0) is 26.5 Å². The Morgan fingerprint density at radius 1 is 1.03 bits per heavy atom. The van der Waals surface area contributed by atoms with Crippen LogP contribution in [0.15, 0.2) is 28.7 Å². The molecule has 7 nitrogen and oxygen atoms in total. The van der Waals surface area contributed by atoms with Crippen molar-refractivity contribution < 1.29 is 14.0 Å². The van der Waals surface area contributed by atoms with Gasteiger partial charge in [0.1, 0.15) is 11.5 Å². The van der Waals surface area contributed by atoms with Crippen molar-refractivity contribution in [2.24, 2.45) is 0 Å². The van der Waals surface area contributed by atoms with Crippen LogP contribution >= 0.6 is 0 Å². The molecule has 0 radical (unpaired) electrons. The topological polar surface area (TPSA) is 60.2 Å². The lowest BCUT2D eigenvalue weighted by molar-refractivity contribution is -0.133. The molecule has 0 atom stereocenters. The van der Waals surface area contributed by atoms with Crippen molar-refractivity contribution in [1.29, 1.82) is 0 Å². The Balaban J connectivity index is 1.44. The van der Waals surface area contributed by atoms with Gasteiger partial charge in [-0.25, -0.2) is 0 Å². The average Bonchev–Trinajstić information content (AvgIpc) is 3.10. The van der Waals surface area contributed by atoms with Gasteiger partial charge in [-0.1, -0.05) is 29.8 Å². The fourth-order valence-electron chi connectivity index (χ4n) is 4.57. The second-order valence-electron chi connectivity index (χ2n) is 9.23. The Morgan fingerprint density at radius 3 is 2.41 bits per heavy atom. The molecule has 1 saturated heterocycles. The third-order valence-corrected chi connectivity index (χ3v) is 6.62. The molecule has 172 valence electrons. The quantitative estimate of drug-likeness (QED) is 0.717. The zero-order valence-electron chi connectivity index (χ0n) is 19.7. The molecule has 2 aliphatic heterocycles. The van der Waals surface area contributed by atoms with Gasteiger partial charge in [0.15, 0.2) is 0 Å². The summed E-state index contributed by atoms with van der Waals surface area (Å²) in [4.78, 5) is 34.0. The van der Waals surface area contributed by atoms with E-state index in [9.17, 15) is 9.59 Å². The number of amides is 2. The highest BCUT2D eigenvalue weighted by Gasteiger charge is 2.31. The first-order valence-electron chi connectivity index (χ1n) is 11.4. The van der Waals surface area contributed by atoms with Crippen LogP contribution in [-0.2, 0) is 24.3 Å². The molecule has 1 aromatic carbocycles. The first-order chi connectivity index (χ1) is 15.3. The fraction of sp³-hybridized carbons (Fsp3) is 0.520. The van der Waals surface area contributed by atoms with Gasteiger partial charge < -0.3 is 19.1 Å². The number of likely N-dealkylation sites (N-methyl/N-ethyl adjacent to an activating group) is 2. The zero-order valence-corrected chi connectivity index (χ0v) is 19.7. The number of benzene rings is 1. The zero-order chi connectivity index (χ0) is 22.8. The molecule has 0 unspecified atom stereocenters. The highest BCUT2D eigenvalue weighted by Crippen LogP contribution is 2.30. The normalized spacial score (nSPS) is 17.3. The SMILES string of the molecule is Cc1ccc(CN2CCc3oc(C)c(C(=O)N(C)CC(=O)N4CCN(C)CC4)c3C2)cc1. The lowest BCUT2D eigenvalue weighted by Gasteiger charge is -2.33. The third-order valence-electron chi connectivity index (χ3n) is 6.62. The van der Waals surface area contributed by atoms with Gasteiger partial charge >= 0.3 is 0 Å². The molecule has 4 rings (SSSR count). The predicted molar refractivity (Wildman–Crippen MR) is 123 cm³/mol. The molecular weight excluding hydrogens is 404 g/mol. The number of hydrogen-bond donors (Lipinski definition) is 0. The molecular formula is C25H34N4O3. The Hall–Kier alpha value is -2.64. The minimum absolute atomic E-state index is 0.00460. The second-order valence-corrected chi connectivity index (χ2v) is 9.23. The van der Waals surface area contributed by atoms with E-state index in [4.69, 9.17) is 4.42 Å². The third kappa shape index (κ3) is 4.89. The Morgan fingerprint density at radius 2 is 1.72 bits per heavy atom. The molecule has 1 aromatic heterocycles. The Bertz CT molecular complexity index is 974. The molecule has 2 aliphatic rings. The van der Waals surface area contributed by atoms with Crippen molar-refractivity contribution in [3.8, 4) is 0 Å². The van der Waals surface area contributed by atoms with Gasteiger partial charge in [-0.3, -0.25) is 14.5 Å². The van der Waals surface area contributed by atoms with Crippen molar-refractivity contribution in [3.05, 3.63) is 58.0 Å². The summed E-state index contributed by atoms with van der Waals surface area (Å²) in [6.45, 7) is 9.63. The fourth-order valence-corrected chi connectivity index (χ4v) is 4.57. The second kappa shape index (κ2) is 9.46. The first kappa shape index (κ1) is 22.6. The molecule has 7 heteroatoms. The summed E-state index contributed by atoms with van der Waals surface area (Å²) in [5, 5.41) is 0. The summed E-state index contributed by atoms with van der Waals surface area (Å²) in [6, 6.07) is 8.59. The summed E-state index contributed by atoms with van der Waals surface area (Å²) < 4.78 is 5.98. The largest absolute Gasteiger partial charge is 0.465 e. The maximum Gasteiger partial charge on any atom is 0.257 e. The molecule has 0 N–H and O–H groups in total. The standard InChI is InChI=1S/C25H34N4O3/c1-18-5-7-20(8-6-18)15-28-10-9-22-21(16-28)24(19(2)32-22)25(31)27(4)17-23(30)29-13-11-26(3)12-14-29/h5-8H,9-17H2,1-4H3. The van der Waals surface area contributed by atoms with Crippen LogP contribution in [0.2, 0.25) is 0 Å². The maximum atomic E-state index is 13.3. The van der Waals surface area contributed by atoms with E-state index < -0.39 is 0 Å². The van der Waals surface area contributed by atoms with Crippen molar-refractivity contribution in [2.75, 3.05) is 53.4 Å². The summed E-state index contributed by atoms with van der Waals surface area (Å²) in [6.07, 6.45) is 0.791. The van der Waals surface area contributed by atoms with E-state index in [1.54, 1.807) is 7.05 Å². The number of hydrogen-bond acceptors (Lipinski definition) is 5. The molecule has 0 bridgehead atoms. The van der Waals surface area contributed by atoms with E-state index in [1.807, 2.05) is 11.8 Å². The van der Waals surface area contributed by atoms with Gasteiger partial charge in [-0.2, -0.15) is 0 Å². The number of nitrogens with zero attached hydrogens (tertiary/aromatic N) is 4. The van der Waals surface area contributed by atoms with E-state index in [2.05, 4.69) is 48.0 Å². The lowest BCUT2D eigenvalue weighted by atomic mass is 10.0. The van der Waals surface area contributed by atoms with Gasteiger partial charge in [0.2, 0.25) is 5.91 Å². The summed E-state index contributed by atoms with van der Waals surface area (Å²) in [5.41, 5.74) is 4.12. The number of rotatable bonds is 5. The highest BCUT2D eigenvalue weighted by atomic mass is 16.3. The highest BCUT2D eigenvalue weighted by molar-refractivity contribution is 5.98. The number of piperazine rings is 1. The predicted octanol–water partition coefficient (Wildman–Crippen LogP) is 2.30. The van der Waals surface area contributed by atoms with Crippen LogP contribution in [0, 0.1) is 13.8 Å². The van der Waals surface area contributed by atoms with E-state index in [-0.39, 0.29) is 18.4 Å². The van der Waals surface area contributed by atoms with Crippen LogP contribution in [0.4, 0.5) is 0 Å². The van der Waals surface area contributed by atoms with Crippen LogP contribution in [0.3, 0.4) is 0 Å². The summed E-state index contributed by atoms with van der Waals surface area (Å²) in [5.74, 6) is 1.43. The Labute approximate surface area is 190 Å².